The molecule has 1 aliphatic rings. The van der Waals surface area contributed by atoms with E-state index in [0.29, 0.717) is 0 Å². The summed E-state index contributed by atoms with van der Waals surface area (Å²) in [4.78, 5) is 35.8. The molecule has 1 saturated heterocycles. The summed E-state index contributed by atoms with van der Waals surface area (Å²) in [5, 5.41) is 24.4. The van der Waals surface area contributed by atoms with Crippen molar-refractivity contribution in [3.05, 3.63) is 52.3 Å². The Morgan fingerprint density at radius 2 is 2.04 bits per heavy atom. The Balaban J connectivity index is 1.85. The zero-order valence-electron chi connectivity index (χ0n) is 13.8. The van der Waals surface area contributed by atoms with Crippen molar-refractivity contribution in [2.45, 2.75) is 19.1 Å². The van der Waals surface area contributed by atoms with E-state index in [1.807, 2.05) is 0 Å². The number of rotatable bonds is 4. The summed E-state index contributed by atoms with van der Waals surface area (Å²) in [5.74, 6) is -1.59. The van der Waals surface area contributed by atoms with E-state index in [1.165, 1.54) is 34.0 Å². The number of para-hydroxylation sites is 2. The molecule has 1 N–H and O–H groups in total. The van der Waals surface area contributed by atoms with Gasteiger partial charge in [-0.05, 0) is 19.1 Å². The van der Waals surface area contributed by atoms with Crippen molar-refractivity contribution in [2.24, 2.45) is 0 Å². The standard InChI is InChI=1S/C16H16N4O6/c1-10-8-18(9-14(26-10)16(22)23)15(21)11-6-7-19(17-11)12-4-2-3-5-13(12)20(24)25/h2-7,10,14H,8-9H2,1H3,(H,22,23)/t10-,14?/m1/s1. The van der Waals surface area contributed by atoms with Crippen LogP contribution in [0.1, 0.15) is 17.4 Å². The van der Waals surface area contributed by atoms with Crippen molar-refractivity contribution in [3.63, 3.8) is 0 Å². The van der Waals surface area contributed by atoms with E-state index >= 15 is 0 Å². The number of carbonyl (C=O) groups is 2. The number of nitro groups is 1. The molecule has 2 aromatic rings. The van der Waals surface area contributed by atoms with E-state index in [4.69, 9.17) is 9.84 Å². The number of ether oxygens (including phenoxy) is 1. The number of aromatic nitrogens is 2. The van der Waals surface area contributed by atoms with Crippen LogP contribution >= 0.6 is 0 Å². The summed E-state index contributed by atoms with van der Waals surface area (Å²) in [6.07, 6.45) is -0.0696. The normalized spacial score (nSPS) is 20.0. The molecule has 1 unspecified atom stereocenters. The van der Waals surface area contributed by atoms with Crippen molar-refractivity contribution < 1.29 is 24.4 Å². The highest BCUT2D eigenvalue weighted by molar-refractivity contribution is 5.92. The maximum Gasteiger partial charge on any atom is 0.334 e. The maximum absolute atomic E-state index is 12.6. The Morgan fingerprint density at radius 1 is 1.31 bits per heavy atom. The molecule has 1 aromatic carbocycles. The number of carboxylic acids is 1. The van der Waals surface area contributed by atoms with Gasteiger partial charge in [0.1, 0.15) is 5.69 Å². The molecule has 1 amide bonds. The number of nitrogens with zero attached hydrogens (tertiary/aromatic N) is 4. The van der Waals surface area contributed by atoms with E-state index in [0.717, 1.165) is 0 Å². The fourth-order valence-corrected chi connectivity index (χ4v) is 2.80. The second-order valence-corrected chi connectivity index (χ2v) is 5.88. The Bertz CT molecular complexity index is 864. The fraction of sp³-hybridized carbons (Fsp3) is 0.312. The Kier molecular flexibility index (Phi) is 4.67. The minimum Gasteiger partial charge on any atom is -0.479 e. The number of carboxylic acid groups (broad SMARTS) is 1. The first-order chi connectivity index (χ1) is 12.4. The molecule has 10 nitrogen and oxygen atoms in total. The molecule has 2 atom stereocenters. The van der Waals surface area contributed by atoms with Crippen molar-refractivity contribution in [1.82, 2.24) is 14.7 Å². The average molecular weight is 360 g/mol. The van der Waals surface area contributed by atoms with Crippen LogP contribution in [0.3, 0.4) is 0 Å². The first-order valence-corrected chi connectivity index (χ1v) is 7.84. The van der Waals surface area contributed by atoms with Crippen LogP contribution in [0.4, 0.5) is 5.69 Å². The molecule has 0 bridgehead atoms. The molecule has 1 aliphatic heterocycles. The van der Waals surface area contributed by atoms with Gasteiger partial charge >= 0.3 is 5.97 Å². The second kappa shape index (κ2) is 6.92. The Morgan fingerprint density at radius 3 is 2.73 bits per heavy atom. The van der Waals surface area contributed by atoms with E-state index in [2.05, 4.69) is 5.10 Å². The lowest BCUT2D eigenvalue weighted by molar-refractivity contribution is -0.384. The Hall–Kier alpha value is -3.27. The van der Waals surface area contributed by atoms with E-state index in [1.54, 1.807) is 19.1 Å². The van der Waals surface area contributed by atoms with Gasteiger partial charge in [0.2, 0.25) is 0 Å². The van der Waals surface area contributed by atoms with Crippen LogP contribution in [0.25, 0.3) is 5.69 Å². The van der Waals surface area contributed by atoms with Gasteiger partial charge in [-0.3, -0.25) is 14.9 Å². The molecule has 136 valence electrons. The number of amides is 1. The lowest BCUT2D eigenvalue weighted by Gasteiger charge is -2.34. The number of hydrogen-bond donors (Lipinski definition) is 1. The molecule has 26 heavy (non-hydrogen) atoms. The molecular weight excluding hydrogens is 344 g/mol. The zero-order chi connectivity index (χ0) is 18.8. The fourth-order valence-electron chi connectivity index (χ4n) is 2.80. The smallest absolute Gasteiger partial charge is 0.334 e. The molecule has 0 spiro atoms. The summed E-state index contributed by atoms with van der Waals surface area (Å²) in [6.45, 7) is 1.83. The van der Waals surface area contributed by atoms with Gasteiger partial charge in [0, 0.05) is 18.8 Å². The molecule has 0 radical (unpaired) electrons. The van der Waals surface area contributed by atoms with Gasteiger partial charge < -0.3 is 14.7 Å². The predicted molar refractivity (Wildman–Crippen MR) is 88.1 cm³/mol. The summed E-state index contributed by atoms with van der Waals surface area (Å²) in [6, 6.07) is 7.48. The summed E-state index contributed by atoms with van der Waals surface area (Å²) < 4.78 is 6.54. The van der Waals surface area contributed by atoms with Crippen LogP contribution in [0, 0.1) is 10.1 Å². The summed E-state index contributed by atoms with van der Waals surface area (Å²) in [5.41, 5.74) is 0.164. The molecule has 1 fully saturated rings. The molecule has 1 aromatic heterocycles. The van der Waals surface area contributed by atoms with Crippen molar-refractivity contribution in [2.75, 3.05) is 13.1 Å². The molecule has 0 aliphatic carbocycles. The minimum absolute atomic E-state index is 0.0707. The highest BCUT2D eigenvalue weighted by Gasteiger charge is 2.33. The third kappa shape index (κ3) is 3.40. The molecule has 3 rings (SSSR count). The number of morpholine rings is 1. The van der Waals surface area contributed by atoms with Gasteiger partial charge in [0.05, 0.1) is 17.6 Å². The van der Waals surface area contributed by atoms with Crippen LogP contribution < -0.4 is 0 Å². The number of hydrogen-bond acceptors (Lipinski definition) is 6. The van der Waals surface area contributed by atoms with Crippen molar-refractivity contribution in [3.8, 4) is 5.69 Å². The number of aliphatic carboxylic acids is 1. The van der Waals surface area contributed by atoms with Gasteiger partial charge in [-0.15, -0.1) is 0 Å². The third-order valence-electron chi connectivity index (χ3n) is 3.96. The van der Waals surface area contributed by atoms with Crippen LogP contribution in [-0.2, 0) is 9.53 Å². The second-order valence-electron chi connectivity index (χ2n) is 5.88. The van der Waals surface area contributed by atoms with Crippen LogP contribution in [0.5, 0.6) is 0 Å². The topological polar surface area (TPSA) is 128 Å². The van der Waals surface area contributed by atoms with Crippen LogP contribution in [0.2, 0.25) is 0 Å². The molecular formula is C16H16N4O6. The first kappa shape index (κ1) is 17.5. The van der Waals surface area contributed by atoms with Gasteiger partial charge in [-0.2, -0.15) is 5.10 Å². The predicted octanol–water partition coefficient (Wildman–Crippen LogP) is 1.09. The van der Waals surface area contributed by atoms with Gasteiger partial charge in [-0.1, -0.05) is 12.1 Å². The van der Waals surface area contributed by atoms with Crippen molar-refractivity contribution in [1.29, 1.82) is 0 Å². The van der Waals surface area contributed by atoms with Crippen molar-refractivity contribution >= 4 is 17.6 Å². The minimum atomic E-state index is -1.14. The van der Waals surface area contributed by atoms with Crippen LogP contribution in [0.15, 0.2) is 36.5 Å². The first-order valence-electron chi connectivity index (χ1n) is 7.84. The third-order valence-corrected chi connectivity index (χ3v) is 3.96. The average Bonchev–Trinajstić information content (AvgIpc) is 3.10. The number of benzene rings is 1. The van der Waals surface area contributed by atoms with Gasteiger partial charge in [0.25, 0.3) is 11.6 Å². The molecule has 2 heterocycles. The zero-order valence-corrected chi connectivity index (χ0v) is 13.8. The highest BCUT2D eigenvalue weighted by Crippen LogP contribution is 2.22. The largest absolute Gasteiger partial charge is 0.479 e. The van der Waals surface area contributed by atoms with Gasteiger partial charge in [0.15, 0.2) is 11.8 Å². The summed E-state index contributed by atoms with van der Waals surface area (Å²) in [7, 11) is 0. The van der Waals surface area contributed by atoms with Gasteiger partial charge in [-0.25, -0.2) is 9.48 Å². The lowest BCUT2D eigenvalue weighted by atomic mass is 10.2. The number of carbonyl (C=O) groups excluding carboxylic acids is 1. The SMILES string of the molecule is C[C@@H]1CN(C(=O)c2ccn(-c3ccccc3[N+](=O)[O-])n2)CC(C(=O)O)O1. The highest BCUT2D eigenvalue weighted by atomic mass is 16.6. The lowest BCUT2D eigenvalue weighted by Crippen LogP contribution is -2.51. The monoisotopic (exact) mass is 360 g/mol. The quantitative estimate of drug-likeness (QED) is 0.638. The van der Waals surface area contributed by atoms with E-state index in [9.17, 15) is 19.7 Å². The van der Waals surface area contributed by atoms with E-state index < -0.39 is 29.0 Å². The van der Waals surface area contributed by atoms with Crippen LogP contribution in [-0.4, -0.2) is 61.9 Å². The van der Waals surface area contributed by atoms with E-state index in [-0.39, 0.29) is 30.2 Å². The summed E-state index contributed by atoms with van der Waals surface area (Å²) >= 11 is 0. The molecule has 0 saturated carbocycles. The molecule has 10 heteroatoms. The Labute approximate surface area is 147 Å². The number of nitro benzene ring substituents is 1. The maximum atomic E-state index is 12.6.